The summed E-state index contributed by atoms with van der Waals surface area (Å²) < 4.78 is 13.1. The van der Waals surface area contributed by atoms with E-state index in [0.29, 0.717) is 31.4 Å². The van der Waals surface area contributed by atoms with Gasteiger partial charge in [-0.05, 0) is 54.8 Å². The van der Waals surface area contributed by atoms with Gasteiger partial charge in [0.05, 0.1) is 5.92 Å². The number of amides is 1. The van der Waals surface area contributed by atoms with Gasteiger partial charge in [0.1, 0.15) is 5.82 Å². The lowest BCUT2D eigenvalue weighted by Crippen LogP contribution is -2.43. The van der Waals surface area contributed by atoms with Crippen LogP contribution in [0.3, 0.4) is 0 Å². The van der Waals surface area contributed by atoms with E-state index in [1.807, 2.05) is 6.92 Å². The van der Waals surface area contributed by atoms with Crippen molar-refractivity contribution in [2.75, 3.05) is 19.6 Å². The standard InChI is InChI=1S/C21H29FN4OS/c1-3-24-21(25-13-15(2)11-19-5-4-10-28-19)26-14-17(20(23)27)12-16-6-8-18(22)9-7-16/h4-10,15,17H,3,11-14H2,1-2H3,(H2,23,27)(H2,24,25,26). The molecule has 1 amide bonds. The van der Waals surface area contributed by atoms with Gasteiger partial charge in [0.25, 0.3) is 0 Å². The number of carbonyl (C=O) groups is 1. The summed E-state index contributed by atoms with van der Waals surface area (Å²) in [5.41, 5.74) is 6.43. The van der Waals surface area contributed by atoms with Crippen molar-refractivity contribution in [3.63, 3.8) is 0 Å². The quantitative estimate of drug-likeness (QED) is 0.421. The Bertz CT molecular complexity index is 746. The number of nitrogens with two attached hydrogens (primary N) is 1. The second-order valence-corrected chi connectivity index (χ2v) is 7.95. The molecule has 2 rings (SSSR count). The number of hydrogen-bond donors (Lipinski definition) is 3. The highest BCUT2D eigenvalue weighted by atomic mass is 32.1. The molecule has 2 atom stereocenters. The lowest BCUT2D eigenvalue weighted by molar-refractivity contribution is -0.121. The van der Waals surface area contributed by atoms with Crippen molar-refractivity contribution in [3.05, 3.63) is 58.0 Å². The Labute approximate surface area is 170 Å². The fraction of sp³-hybridized carbons (Fsp3) is 0.429. The molecule has 28 heavy (non-hydrogen) atoms. The minimum absolute atomic E-state index is 0.296. The van der Waals surface area contributed by atoms with E-state index in [4.69, 9.17) is 5.73 Å². The largest absolute Gasteiger partial charge is 0.369 e. The molecule has 0 aliphatic carbocycles. The topological polar surface area (TPSA) is 79.5 Å². The van der Waals surface area contributed by atoms with Crippen molar-refractivity contribution in [3.8, 4) is 0 Å². The van der Waals surface area contributed by atoms with Crippen LogP contribution in [0.2, 0.25) is 0 Å². The van der Waals surface area contributed by atoms with Gasteiger partial charge in [-0.1, -0.05) is 25.1 Å². The molecule has 7 heteroatoms. The normalized spacial score (nSPS) is 13.8. The number of nitrogens with zero attached hydrogens (tertiary/aromatic N) is 1. The predicted octanol–water partition coefficient (Wildman–Crippen LogP) is 2.97. The van der Waals surface area contributed by atoms with Gasteiger partial charge in [-0.3, -0.25) is 9.79 Å². The first-order valence-electron chi connectivity index (χ1n) is 9.56. The first kappa shape index (κ1) is 21.9. The zero-order valence-electron chi connectivity index (χ0n) is 16.5. The SMILES string of the molecule is CCNC(=NCC(C)Cc1cccs1)NCC(Cc1ccc(F)cc1)C(N)=O. The second-order valence-electron chi connectivity index (χ2n) is 6.92. The molecule has 2 aromatic rings. The molecule has 0 spiro atoms. The molecule has 0 fully saturated rings. The summed E-state index contributed by atoms with van der Waals surface area (Å²) in [4.78, 5) is 17.8. The molecule has 152 valence electrons. The zero-order valence-corrected chi connectivity index (χ0v) is 17.3. The van der Waals surface area contributed by atoms with Crippen LogP contribution in [-0.4, -0.2) is 31.5 Å². The summed E-state index contributed by atoms with van der Waals surface area (Å²) in [5.74, 6) is -0.00141. The van der Waals surface area contributed by atoms with E-state index in [-0.39, 0.29) is 5.82 Å². The summed E-state index contributed by atoms with van der Waals surface area (Å²) in [6, 6.07) is 10.3. The Morgan fingerprint density at radius 3 is 2.57 bits per heavy atom. The fourth-order valence-electron chi connectivity index (χ4n) is 2.82. The van der Waals surface area contributed by atoms with Gasteiger partial charge in [0.15, 0.2) is 5.96 Å². The average Bonchev–Trinajstić information content (AvgIpc) is 3.17. The molecular weight excluding hydrogens is 375 g/mol. The smallest absolute Gasteiger partial charge is 0.222 e. The summed E-state index contributed by atoms with van der Waals surface area (Å²) in [7, 11) is 0. The number of carbonyl (C=O) groups excluding carboxylic acids is 1. The number of halogens is 1. The minimum atomic E-state index is -0.405. The van der Waals surface area contributed by atoms with Crippen LogP contribution < -0.4 is 16.4 Å². The third-order valence-electron chi connectivity index (χ3n) is 4.35. The van der Waals surface area contributed by atoms with Crippen LogP contribution in [0, 0.1) is 17.7 Å². The molecule has 0 saturated heterocycles. The molecule has 0 aliphatic heterocycles. The highest BCUT2D eigenvalue weighted by Crippen LogP contribution is 2.14. The van der Waals surface area contributed by atoms with Crippen molar-refractivity contribution in [1.82, 2.24) is 10.6 Å². The van der Waals surface area contributed by atoms with E-state index >= 15 is 0 Å². The maximum Gasteiger partial charge on any atom is 0.222 e. The second kappa shape index (κ2) is 11.4. The van der Waals surface area contributed by atoms with Gasteiger partial charge in [0, 0.05) is 24.5 Å². The Morgan fingerprint density at radius 2 is 1.96 bits per heavy atom. The van der Waals surface area contributed by atoms with Gasteiger partial charge < -0.3 is 16.4 Å². The van der Waals surface area contributed by atoms with E-state index in [1.165, 1.54) is 17.0 Å². The highest BCUT2D eigenvalue weighted by Gasteiger charge is 2.17. The number of aliphatic imine (C=N–C) groups is 1. The van der Waals surface area contributed by atoms with Crippen molar-refractivity contribution < 1.29 is 9.18 Å². The molecule has 1 heterocycles. The number of rotatable bonds is 10. The van der Waals surface area contributed by atoms with Crippen molar-refractivity contribution in [2.45, 2.75) is 26.7 Å². The van der Waals surface area contributed by atoms with E-state index in [2.05, 4.69) is 40.1 Å². The third-order valence-corrected chi connectivity index (χ3v) is 5.25. The van der Waals surface area contributed by atoms with E-state index < -0.39 is 11.8 Å². The minimum Gasteiger partial charge on any atom is -0.369 e. The molecule has 0 aliphatic rings. The number of nitrogens with one attached hydrogen (secondary N) is 2. The van der Waals surface area contributed by atoms with Crippen molar-refractivity contribution >= 4 is 23.2 Å². The Balaban J connectivity index is 1.90. The van der Waals surface area contributed by atoms with Gasteiger partial charge >= 0.3 is 0 Å². The molecular formula is C21H29FN4OS. The number of thiophene rings is 1. The predicted molar refractivity (Wildman–Crippen MR) is 114 cm³/mol. The van der Waals surface area contributed by atoms with Gasteiger partial charge in [-0.25, -0.2) is 4.39 Å². The summed E-state index contributed by atoms with van der Waals surface area (Å²) >= 11 is 1.76. The van der Waals surface area contributed by atoms with Gasteiger partial charge in [-0.2, -0.15) is 0 Å². The number of primary amides is 1. The molecule has 0 saturated carbocycles. The molecule has 0 radical (unpaired) electrons. The van der Waals surface area contributed by atoms with Crippen molar-refractivity contribution in [1.29, 1.82) is 0 Å². The molecule has 2 unspecified atom stereocenters. The lowest BCUT2D eigenvalue weighted by Gasteiger charge is -2.18. The monoisotopic (exact) mass is 404 g/mol. The van der Waals surface area contributed by atoms with Crippen molar-refractivity contribution in [2.24, 2.45) is 22.6 Å². The lowest BCUT2D eigenvalue weighted by atomic mass is 9.98. The van der Waals surface area contributed by atoms with Crippen LogP contribution >= 0.6 is 11.3 Å². The van der Waals surface area contributed by atoms with E-state index in [9.17, 15) is 9.18 Å². The summed E-state index contributed by atoms with van der Waals surface area (Å²) in [5, 5.41) is 8.50. The molecule has 5 nitrogen and oxygen atoms in total. The summed E-state index contributed by atoms with van der Waals surface area (Å²) in [6.07, 6.45) is 1.45. The summed E-state index contributed by atoms with van der Waals surface area (Å²) in [6.45, 7) is 5.96. The third kappa shape index (κ3) is 7.68. The highest BCUT2D eigenvalue weighted by molar-refractivity contribution is 7.09. The number of benzene rings is 1. The van der Waals surface area contributed by atoms with Crippen LogP contribution in [-0.2, 0) is 17.6 Å². The fourth-order valence-corrected chi connectivity index (χ4v) is 3.69. The number of guanidine groups is 1. The maximum atomic E-state index is 13.1. The Morgan fingerprint density at radius 1 is 1.21 bits per heavy atom. The molecule has 1 aromatic heterocycles. The Hall–Kier alpha value is -2.41. The van der Waals surface area contributed by atoms with Crippen LogP contribution in [0.25, 0.3) is 0 Å². The number of hydrogen-bond acceptors (Lipinski definition) is 3. The van der Waals surface area contributed by atoms with Crippen LogP contribution in [0.5, 0.6) is 0 Å². The van der Waals surface area contributed by atoms with Gasteiger partial charge in [-0.15, -0.1) is 11.3 Å². The first-order valence-corrected chi connectivity index (χ1v) is 10.4. The van der Waals surface area contributed by atoms with Crippen LogP contribution in [0.15, 0.2) is 46.8 Å². The maximum absolute atomic E-state index is 13.1. The van der Waals surface area contributed by atoms with Crippen LogP contribution in [0.4, 0.5) is 4.39 Å². The van der Waals surface area contributed by atoms with Gasteiger partial charge in [0.2, 0.25) is 5.91 Å². The molecule has 4 N–H and O–H groups in total. The zero-order chi connectivity index (χ0) is 20.4. The van der Waals surface area contributed by atoms with E-state index in [0.717, 1.165) is 18.5 Å². The average molecular weight is 405 g/mol. The molecule has 0 bridgehead atoms. The first-order chi connectivity index (χ1) is 13.5. The molecule has 1 aromatic carbocycles. The van der Waals surface area contributed by atoms with E-state index in [1.54, 1.807) is 23.5 Å². The van der Waals surface area contributed by atoms with Crippen LogP contribution in [0.1, 0.15) is 24.3 Å². The Kier molecular flexibility index (Phi) is 8.94.